The van der Waals surface area contributed by atoms with Gasteiger partial charge in [0.2, 0.25) is 5.91 Å². The van der Waals surface area contributed by atoms with Gasteiger partial charge < -0.3 is 15.0 Å². The van der Waals surface area contributed by atoms with Gasteiger partial charge in [0.25, 0.3) is 0 Å². The van der Waals surface area contributed by atoms with Crippen LogP contribution in [0.5, 0.6) is 0 Å². The van der Waals surface area contributed by atoms with Gasteiger partial charge in [-0.1, -0.05) is 0 Å². The topological polar surface area (TPSA) is 58.6 Å². The number of likely N-dealkylation sites (tertiary alicyclic amines) is 1. The third-order valence-corrected chi connectivity index (χ3v) is 3.46. The van der Waals surface area contributed by atoms with Crippen molar-refractivity contribution < 1.29 is 14.3 Å². The molecule has 0 unspecified atom stereocenters. The van der Waals surface area contributed by atoms with Crippen LogP contribution in [0.15, 0.2) is 0 Å². The Bertz CT molecular complexity index is 355. The Balaban J connectivity index is 2.63. The van der Waals surface area contributed by atoms with E-state index in [4.69, 9.17) is 16.3 Å². The second-order valence-electron chi connectivity index (χ2n) is 6.28. The highest BCUT2D eigenvalue weighted by Gasteiger charge is 2.37. The van der Waals surface area contributed by atoms with E-state index < -0.39 is 5.60 Å². The van der Waals surface area contributed by atoms with E-state index in [0.29, 0.717) is 19.0 Å². The van der Waals surface area contributed by atoms with Crippen LogP contribution in [0.1, 0.15) is 40.5 Å². The third-order valence-electron chi connectivity index (χ3n) is 3.19. The molecule has 0 spiro atoms. The maximum Gasteiger partial charge on any atom is 0.410 e. The minimum absolute atomic E-state index is 0.0109. The molecule has 0 aromatic carbocycles. The maximum absolute atomic E-state index is 12.1. The van der Waals surface area contributed by atoms with Crippen LogP contribution in [0.3, 0.4) is 0 Å². The fourth-order valence-electron chi connectivity index (χ4n) is 2.40. The van der Waals surface area contributed by atoms with Gasteiger partial charge in [0.1, 0.15) is 5.60 Å². The fourth-order valence-corrected chi connectivity index (χ4v) is 2.56. The highest BCUT2D eigenvalue weighted by molar-refractivity contribution is 6.17. The lowest BCUT2D eigenvalue weighted by atomic mass is 9.98. The first kappa shape index (κ1) is 17.1. The largest absolute Gasteiger partial charge is 0.444 e. The number of alkyl halides is 1. The van der Waals surface area contributed by atoms with E-state index in [1.54, 1.807) is 4.90 Å². The van der Waals surface area contributed by atoms with Crippen molar-refractivity contribution in [2.24, 2.45) is 5.92 Å². The van der Waals surface area contributed by atoms with Gasteiger partial charge in [-0.15, -0.1) is 11.6 Å². The Morgan fingerprint density at radius 2 is 2.00 bits per heavy atom. The van der Waals surface area contributed by atoms with Gasteiger partial charge in [0.15, 0.2) is 0 Å². The van der Waals surface area contributed by atoms with Crippen molar-refractivity contribution in [2.75, 3.05) is 19.0 Å². The number of nitrogens with zero attached hydrogens (tertiary/aromatic N) is 1. The number of nitrogens with one attached hydrogen (secondary N) is 1. The molecular weight excluding hydrogens is 280 g/mol. The van der Waals surface area contributed by atoms with Crippen molar-refractivity contribution in [3.8, 4) is 0 Å². The molecule has 1 saturated heterocycles. The number of ether oxygens (including phenoxy) is 1. The molecule has 5 nitrogen and oxygen atoms in total. The smallest absolute Gasteiger partial charge is 0.410 e. The van der Waals surface area contributed by atoms with E-state index in [9.17, 15) is 9.59 Å². The van der Waals surface area contributed by atoms with E-state index in [-0.39, 0.29) is 24.0 Å². The van der Waals surface area contributed by atoms with Crippen molar-refractivity contribution >= 4 is 23.6 Å². The zero-order valence-corrected chi connectivity index (χ0v) is 13.5. The lowest BCUT2D eigenvalue weighted by Crippen LogP contribution is -2.40. The van der Waals surface area contributed by atoms with Crippen LogP contribution in [-0.2, 0) is 9.53 Å². The second kappa shape index (κ2) is 7.16. The summed E-state index contributed by atoms with van der Waals surface area (Å²) in [6, 6.07) is -0.0109. The first-order valence-electron chi connectivity index (χ1n) is 7.04. The molecular formula is C14H25ClN2O3. The first-order valence-corrected chi connectivity index (χ1v) is 7.57. The number of hydrogen-bond acceptors (Lipinski definition) is 3. The van der Waals surface area contributed by atoms with Crippen LogP contribution in [0.4, 0.5) is 4.79 Å². The molecule has 0 radical (unpaired) electrons. The lowest BCUT2D eigenvalue weighted by Gasteiger charge is -2.24. The summed E-state index contributed by atoms with van der Waals surface area (Å²) in [4.78, 5) is 25.0. The monoisotopic (exact) mass is 304 g/mol. The molecule has 1 N–H and O–H groups in total. The Morgan fingerprint density at radius 1 is 1.35 bits per heavy atom. The molecule has 0 aliphatic carbocycles. The number of carbonyl (C=O) groups is 2. The van der Waals surface area contributed by atoms with Crippen molar-refractivity contribution in [2.45, 2.75) is 52.2 Å². The standard InChI is InChI=1S/C14H25ClN2O3/c1-10(18)16-12-9-17(8-11(12)6-5-7-15)13(19)20-14(2,3)4/h11-12H,5-9H2,1-4H3,(H,16,18)/t11-,12+/m0/s1. The molecule has 1 fully saturated rings. The van der Waals surface area contributed by atoms with Crippen molar-refractivity contribution in [1.29, 1.82) is 0 Å². The van der Waals surface area contributed by atoms with E-state index >= 15 is 0 Å². The summed E-state index contributed by atoms with van der Waals surface area (Å²) >= 11 is 5.73. The average Bonchev–Trinajstić information content (AvgIpc) is 2.66. The predicted octanol–water partition coefficient (Wildman–Crippen LogP) is 2.38. The summed E-state index contributed by atoms with van der Waals surface area (Å²) in [7, 11) is 0. The van der Waals surface area contributed by atoms with Gasteiger partial charge in [-0.25, -0.2) is 4.79 Å². The average molecular weight is 305 g/mol. The molecule has 1 aliphatic heterocycles. The normalized spacial score (nSPS) is 22.8. The highest BCUT2D eigenvalue weighted by atomic mass is 35.5. The molecule has 2 amide bonds. The molecule has 0 saturated carbocycles. The fraction of sp³-hybridized carbons (Fsp3) is 0.857. The second-order valence-corrected chi connectivity index (χ2v) is 6.66. The van der Waals surface area contributed by atoms with Crippen LogP contribution in [-0.4, -0.2) is 47.5 Å². The van der Waals surface area contributed by atoms with Crippen molar-refractivity contribution in [1.82, 2.24) is 10.2 Å². The SMILES string of the molecule is CC(=O)N[C@@H]1CN(C(=O)OC(C)(C)C)C[C@@H]1CCCCl. The zero-order chi connectivity index (χ0) is 15.3. The van der Waals surface area contributed by atoms with E-state index in [1.165, 1.54) is 6.92 Å². The van der Waals surface area contributed by atoms with Gasteiger partial charge in [-0.3, -0.25) is 4.79 Å². The van der Waals surface area contributed by atoms with E-state index in [1.807, 2.05) is 20.8 Å². The number of halogens is 1. The third kappa shape index (κ3) is 5.57. The summed E-state index contributed by atoms with van der Waals surface area (Å²) in [5.41, 5.74) is -0.505. The molecule has 2 atom stereocenters. The van der Waals surface area contributed by atoms with Gasteiger partial charge in [-0.2, -0.15) is 0 Å². The summed E-state index contributed by atoms with van der Waals surface area (Å²) in [6.45, 7) is 8.14. The quantitative estimate of drug-likeness (QED) is 0.811. The van der Waals surface area contributed by atoms with Crippen LogP contribution < -0.4 is 5.32 Å². The molecule has 1 rings (SSSR count). The van der Waals surface area contributed by atoms with Crippen LogP contribution >= 0.6 is 11.6 Å². The van der Waals surface area contributed by atoms with Crippen molar-refractivity contribution in [3.05, 3.63) is 0 Å². The summed E-state index contributed by atoms with van der Waals surface area (Å²) in [5, 5.41) is 2.92. The van der Waals surface area contributed by atoms with Gasteiger partial charge >= 0.3 is 6.09 Å². The molecule has 0 aromatic rings. The minimum atomic E-state index is -0.505. The Morgan fingerprint density at radius 3 is 2.50 bits per heavy atom. The van der Waals surface area contributed by atoms with Crippen LogP contribution in [0.25, 0.3) is 0 Å². The van der Waals surface area contributed by atoms with E-state index in [2.05, 4.69) is 5.32 Å². The molecule has 1 aliphatic rings. The molecule has 116 valence electrons. The number of amides is 2. The van der Waals surface area contributed by atoms with Gasteiger partial charge in [0, 0.05) is 25.9 Å². The molecule has 0 bridgehead atoms. The Kier molecular flexibility index (Phi) is 6.11. The Labute approximate surface area is 126 Å². The van der Waals surface area contributed by atoms with Gasteiger partial charge in [-0.05, 0) is 39.5 Å². The summed E-state index contributed by atoms with van der Waals surface area (Å²) in [5.74, 6) is 0.762. The van der Waals surface area contributed by atoms with Crippen molar-refractivity contribution in [3.63, 3.8) is 0 Å². The number of hydrogen-bond donors (Lipinski definition) is 1. The lowest BCUT2D eigenvalue weighted by molar-refractivity contribution is -0.119. The first-order chi connectivity index (χ1) is 9.23. The highest BCUT2D eigenvalue weighted by Crippen LogP contribution is 2.24. The number of carbonyl (C=O) groups excluding carboxylic acids is 2. The summed E-state index contributed by atoms with van der Waals surface area (Å²) in [6.07, 6.45) is 1.46. The predicted molar refractivity (Wildman–Crippen MR) is 78.9 cm³/mol. The minimum Gasteiger partial charge on any atom is -0.444 e. The summed E-state index contributed by atoms with van der Waals surface area (Å²) < 4.78 is 5.38. The molecule has 20 heavy (non-hydrogen) atoms. The zero-order valence-electron chi connectivity index (χ0n) is 12.7. The van der Waals surface area contributed by atoms with Gasteiger partial charge in [0.05, 0.1) is 6.04 Å². The molecule has 1 heterocycles. The number of rotatable bonds is 4. The van der Waals surface area contributed by atoms with Crippen LogP contribution in [0, 0.1) is 5.92 Å². The molecule has 6 heteroatoms. The maximum atomic E-state index is 12.1. The Hall–Kier alpha value is -0.970. The van der Waals surface area contributed by atoms with E-state index in [0.717, 1.165) is 12.8 Å². The van der Waals surface area contributed by atoms with Crippen LogP contribution in [0.2, 0.25) is 0 Å². The molecule has 0 aromatic heterocycles.